The van der Waals surface area contributed by atoms with E-state index in [0.717, 1.165) is 19.3 Å². The van der Waals surface area contributed by atoms with Crippen LogP contribution in [0.3, 0.4) is 0 Å². The first kappa shape index (κ1) is 28.5. The highest BCUT2D eigenvalue weighted by molar-refractivity contribution is 6.11. The van der Waals surface area contributed by atoms with Crippen molar-refractivity contribution >= 4 is 49.2 Å². The molecule has 0 amide bonds. The van der Waals surface area contributed by atoms with Crippen LogP contribution < -0.4 is 0 Å². The summed E-state index contributed by atoms with van der Waals surface area (Å²) >= 11 is 0. The maximum Gasteiger partial charge on any atom is 0.0541 e. The lowest BCUT2D eigenvalue weighted by molar-refractivity contribution is 1.04. The number of hydrogen-bond donors (Lipinski definition) is 0. The Morgan fingerprint density at radius 3 is 1.69 bits per heavy atom. The molecule has 2 nitrogen and oxygen atoms in total. The molecule has 0 saturated heterocycles. The zero-order valence-corrected chi connectivity index (χ0v) is 28.2. The average molecular weight is 651 g/mol. The van der Waals surface area contributed by atoms with E-state index in [2.05, 4.69) is 179 Å². The molecule has 0 radical (unpaired) electrons. The van der Waals surface area contributed by atoms with Gasteiger partial charge in [-0.3, -0.25) is 0 Å². The lowest BCUT2D eigenvalue weighted by atomic mass is 9.97. The molecule has 2 aliphatic rings. The Balaban J connectivity index is 1.03. The number of nitrogens with zero attached hydrogens (tertiary/aromatic N) is 2. The van der Waals surface area contributed by atoms with Crippen molar-refractivity contribution in [2.24, 2.45) is 0 Å². The molecule has 9 aromatic rings. The second kappa shape index (κ2) is 11.1. The third-order valence-electron chi connectivity index (χ3n) is 11.2. The standard InChI is InChI=1S/C49H34N2/c1-3-11-32(12-4-1)33-22-25-49-44(29-33)41-16-8-10-18-47(41)51(49)39-24-21-37-27-36-20-19-34(28-42(36)43(37)31-39)35-23-26-48-45(30-35)40-15-7-9-17-46(40)50(48)38-13-5-2-6-14-38/h2-3,5-26,28-31H,1,4,27H2. The van der Waals surface area contributed by atoms with Gasteiger partial charge in [-0.05, 0) is 131 Å². The van der Waals surface area contributed by atoms with E-state index in [1.807, 2.05) is 0 Å². The van der Waals surface area contributed by atoms with Gasteiger partial charge in [0.25, 0.3) is 0 Å². The van der Waals surface area contributed by atoms with E-state index in [4.69, 9.17) is 0 Å². The van der Waals surface area contributed by atoms with Crippen LogP contribution in [-0.4, -0.2) is 9.13 Å². The van der Waals surface area contributed by atoms with Crippen LogP contribution >= 0.6 is 0 Å². The first-order valence-electron chi connectivity index (χ1n) is 18.0. The summed E-state index contributed by atoms with van der Waals surface area (Å²) < 4.78 is 4.84. The molecule has 2 aromatic heterocycles. The molecule has 0 bridgehead atoms. The topological polar surface area (TPSA) is 9.86 Å². The molecule has 0 atom stereocenters. The van der Waals surface area contributed by atoms with Crippen molar-refractivity contribution in [1.82, 2.24) is 9.13 Å². The lowest BCUT2D eigenvalue weighted by Crippen LogP contribution is -1.95. The van der Waals surface area contributed by atoms with Crippen LogP contribution in [0.25, 0.3) is 82.8 Å². The summed E-state index contributed by atoms with van der Waals surface area (Å²) in [5.74, 6) is 0. The summed E-state index contributed by atoms with van der Waals surface area (Å²) in [4.78, 5) is 0. The highest BCUT2D eigenvalue weighted by Crippen LogP contribution is 2.43. The molecule has 0 spiro atoms. The second-order valence-corrected chi connectivity index (χ2v) is 14.0. The smallest absolute Gasteiger partial charge is 0.0541 e. The first-order valence-corrected chi connectivity index (χ1v) is 18.0. The van der Waals surface area contributed by atoms with Crippen molar-refractivity contribution in [3.05, 3.63) is 187 Å². The fraction of sp³-hybridized carbons (Fsp3) is 0.0612. The molecule has 2 heterocycles. The minimum Gasteiger partial charge on any atom is -0.309 e. The van der Waals surface area contributed by atoms with E-state index in [1.54, 1.807) is 0 Å². The zero-order valence-electron chi connectivity index (χ0n) is 28.2. The summed E-state index contributed by atoms with van der Waals surface area (Å²) in [5.41, 5.74) is 17.9. The van der Waals surface area contributed by atoms with Crippen LogP contribution in [0, 0.1) is 0 Å². The molecule has 2 heteroatoms. The molecule has 0 saturated carbocycles. The molecule has 0 fully saturated rings. The molecule has 2 aliphatic carbocycles. The van der Waals surface area contributed by atoms with Gasteiger partial charge in [0.1, 0.15) is 0 Å². The SMILES string of the molecule is C1=CC(c2ccc3c(c2)c2ccccc2n3-c2ccc3c(c2)-c2cc(-c4ccc5c(c4)c4ccccc4n5-c4ccccc4)ccc2C3)=CCC1. The Labute approximate surface area is 296 Å². The Morgan fingerprint density at radius 2 is 0.961 bits per heavy atom. The van der Waals surface area contributed by atoms with Gasteiger partial charge in [-0.15, -0.1) is 0 Å². The van der Waals surface area contributed by atoms with Crippen molar-refractivity contribution < 1.29 is 0 Å². The average Bonchev–Trinajstić information content (AvgIpc) is 3.85. The lowest BCUT2D eigenvalue weighted by Gasteiger charge is -2.12. The summed E-state index contributed by atoms with van der Waals surface area (Å²) in [6, 6.07) is 56.4. The van der Waals surface area contributed by atoms with Crippen molar-refractivity contribution in [2.75, 3.05) is 0 Å². The van der Waals surface area contributed by atoms with Gasteiger partial charge in [0.05, 0.1) is 22.1 Å². The van der Waals surface area contributed by atoms with Crippen molar-refractivity contribution in [3.8, 4) is 33.6 Å². The predicted octanol–water partition coefficient (Wildman–Crippen LogP) is 12.9. The highest BCUT2D eigenvalue weighted by Gasteiger charge is 2.22. The van der Waals surface area contributed by atoms with Gasteiger partial charge >= 0.3 is 0 Å². The summed E-state index contributed by atoms with van der Waals surface area (Å²) in [6.07, 6.45) is 10.1. The van der Waals surface area contributed by atoms with Crippen LogP contribution in [0.5, 0.6) is 0 Å². The molecule has 0 N–H and O–H groups in total. The molecule has 51 heavy (non-hydrogen) atoms. The summed E-state index contributed by atoms with van der Waals surface area (Å²) in [6.45, 7) is 0. The van der Waals surface area contributed by atoms with E-state index in [-0.39, 0.29) is 0 Å². The minimum absolute atomic E-state index is 0.966. The van der Waals surface area contributed by atoms with Gasteiger partial charge < -0.3 is 9.13 Å². The zero-order chi connectivity index (χ0) is 33.5. The van der Waals surface area contributed by atoms with Crippen LogP contribution in [-0.2, 0) is 6.42 Å². The Hall–Kier alpha value is -6.38. The Morgan fingerprint density at radius 1 is 0.392 bits per heavy atom. The Bertz CT molecular complexity index is 2930. The number of allylic oxidation sites excluding steroid dienone is 4. The van der Waals surface area contributed by atoms with Crippen LogP contribution in [0.15, 0.2) is 170 Å². The normalized spacial score (nSPS) is 13.7. The fourth-order valence-electron chi connectivity index (χ4n) is 8.74. The van der Waals surface area contributed by atoms with Gasteiger partial charge in [-0.25, -0.2) is 0 Å². The monoisotopic (exact) mass is 650 g/mol. The third-order valence-corrected chi connectivity index (χ3v) is 11.2. The quantitative estimate of drug-likeness (QED) is 0.179. The van der Waals surface area contributed by atoms with Crippen molar-refractivity contribution in [3.63, 3.8) is 0 Å². The first-order chi connectivity index (χ1) is 25.3. The van der Waals surface area contributed by atoms with E-state index in [1.165, 1.54) is 99.5 Å². The fourth-order valence-corrected chi connectivity index (χ4v) is 8.74. The number of para-hydroxylation sites is 3. The largest absolute Gasteiger partial charge is 0.309 e. The molecule has 0 aliphatic heterocycles. The van der Waals surface area contributed by atoms with Crippen molar-refractivity contribution in [2.45, 2.75) is 19.3 Å². The number of fused-ring (bicyclic) bond motifs is 9. The molecule has 7 aromatic carbocycles. The summed E-state index contributed by atoms with van der Waals surface area (Å²) in [5, 5.41) is 5.15. The molecule has 240 valence electrons. The van der Waals surface area contributed by atoms with Crippen LogP contribution in [0.4, 0.5) is 0 Å². The van der Waals surface area contributed by atoms with Gasteiger partial charge in [-0.1, -0.05) is 103 Å². The maximum absolute atomic E-state index is 2.46. The van der Waals surface area contributed by atoms with Crippen molar-refractivity contribution in [1.29, 1.82) is 0 Å². The summed E-state index contributed by atoms with van der Waals surface area (Å²) in [7, 11) is 0. The van der Waals surface area contributed by atoms with Gasteiger partial charge in [0.2, 0.25) is 0 Å². The predicted molar refractivity (Wildman–Crippen MR) is 215 cm³/mol. The molecule has 11 rings (SSSR count). The highest BCUT2D eigenvalue weighted by atomic mass is 15.0. The number of aromatic nitrogens is 2. The number of benzene rings is 7. The van der Waals surface area contributed by atoms with Crippen LogP contribution in [0.1, 0.15) is 29.5 Å². The van der Waals surface area contributed by atoms with Gasteiger partial charge in [-0.2, -0.15) is 0 Å². The minimum atomic E-state index is 0.966. The van der Waals surface area contributed by atoms with Crippen LogP contribution in [0.2, 0.25) is 0 Å². The second-order valence-electron chi connectivity index (χ2n) is 14.0. The number of hydrogen-bond acceptors (Lipinski definition) is 0. The molecular formula is C49H34N2. The Kier molecular flexibility index (Phi) is 6.17. The van der Waals surface area contributed by atoms with Gasteiger partial charge in [0.15, 0.2) is 0 Å². The van der Waals surface area contributed by atoms with Gasteiger partial charge in [0, 0.05) is 32.9 Å². The van der Waals surface area contributed by atoms with E-state index in [9.17, 15) is 0 Å². The number of rotatable bonds is 4. The molecular weight excluding hydrogens is 617 g/mol. The molecule has 0 unspecified atom stereocenters. The van der Waals surface area contributed by atoms with E-state index < -0.39 is 0 Å². The van der Waals surface area contributed by atoms with E-state index in [0.29, 0.717) is 0 Å². The third kappa shape index (κ3) is 4.36. The van der Waals surface area contributed by atoms with E-state index >= 15 is 0 Å². The maximum atomic E-state index is 2.46.